The highest BCUT2D eigenvalue weighted by molar-refractivity contribution is 7.44. The number of aromatic hydroxyl groups is 1. The van der Waals surface area contributed by atoms with Gasteiger partial charge in [0, 0.05) is 10.2 Å². The summed E-state index contributed by atoms with van der Waals surface area (Å²) >= 11 is 1.34. The predicted octanol–water partition coefficient (Wildman–Crippen LogP) is 1.60. The minimum Gasteiger partial charge on any atom is -0.499 e. The summed E-state index contributed by atoms with van der Waals surface area (Å²) in [6, 6.07) is 1.87. The van der Waals surface area contributed by atoms with E-state index >= 15 is 0 Å². The van der Waals surface area contributed by atoms with Crippen molar-refractivity contribution in [1.82, 2.24) is 0 Å². The Morgan fingerprint density at radius 1 is 1.78 bits per heavy atom. The summed E-state index contributed by atoms with van der Waals surface area (Å²) in [5, 5.41) is 9.41. The molecule has 0 fully saturated rings. The fourth-order valence-electron chi connectivity index (χ4n) is 0.561. The van der Waals surface area contributed by atoms with E-state index in [4.69, 9.17) is 5.11 Å². The number of rotatable bonds is 1. The zero-order valence-electron chi connectivity index (χ0n) is 4.79. The van der Waals surface area contributed by atoms with Crippen LogP contribution in [0.4, 0.5) is 0 Å². The van der Waals surface area contributed by atoms with E-state index in [1.165, 1.54) is 11.3 Å². The average molecular weight is 158 g/mol. The number of hydrogen-bond acceptors (Lipinski definition) is 2. The second kappa shape index (κ2) is 2.51. The minimum atomic E-state index is 0.343. The van der Waals surface area contributed by atoms with Gasteiger partial charge in [0.05, 0.1) is 0 Å². The second-order valence-electron chi connectivity index (χ2n) is 1.61. The lowest BCUT2D eigenvalue weighted by molar-refractivity contribution is 0.490. The monoisotopic (exact) mass is 158 g/mol. The summed E-state index contributed by atoms with van der Waals surface area (Å²) in [6.07, 6.45) is 1.64. The highest BCUT2D eigenvalue weighted by atomic mass is 32.1. The van der Waals surface area contributed by atoms with E-state index in [-0.39, 0.29) is 0 Å². The van der Waals surface area contributed by atoms with Crippen LogP contribution in [-0.4, -0.2) is 5.11 Å². The maximum absolute atomic E-state index is 9.07. The molecule has 0 aromatic carbocycles. The van der Waals surface area contributed by atoms with Crippen molar-refractivity contribution in [2.45, 2.75) is 0 Å². The zero-order chi connectivity index (χ0) is 6.85. The van der Waals surface area contributed by atoms with Crippen LogP contribution in [0, 0.1) is 0 Å². The van der Waals surface area contributed by atoms with Gasteiger partial charge < -0.3 is 5.11 Å². The van der Waals surface area contributed by atoms with Crippen molar-refractivity contribution < 1.29 is 5.11 Å². The van der Waals surface area contributed by atoms with Crippen LogP contribution in [0.1, 0.15) is 5.56 Å². The molecule has 48 valence electrons. The molecule has 0 spiro atoms. The summed E-state index contributed by atoms with van der Waals surface area (Å²) in [5.74, 6) is 0. The van der Waals surface area contributed by atoms with Crippen LogP contribution in [0.3, 0.4) is 0 Å². The fraction of sp³-hybridized carbons (Fsp3) is 0. The Morgan fingerprint density at radius 3 is 2.67 bits per heavy atom. The molecule has 3 heteroatoms. The van der Waals surface area contributed by atoms with Crippen molar-refractivity contribution in [3.05, 3.63) is 18.2 Å². The van der Waals surface area contributed by atoms with Crippen LogP contribution in [-0.2, 0) is 0 Å². The molecule has 1 atom stereocenters. The predicted molar refractivity (Wildman–Crippen MR) is 45.4 cm³/mol. The summed E-state index contributed by atoms with van der Waals surface area (Å²) < 4.78 is 1.03. The molecule has 0 aliphatic rings. The van der Waals surface area contributed by atoms with E-state index < -0.39 is 0 Å². The minimum absolute atomic E-state index is 0.343. The first kappa shape index (κ1) is 6.79. The van der Waals surface area contributed by atoms with E-state index in [1.54, 1.807) is 6.08 Å². The summed E-state index contributed by atoms with van der Waals surface area (Å²) in [6.45, 7) is 3.54. The summed E-state index contributed by atoms with van der Waals surface area (Å²) in [4.78, 5) is 0. The van der Waals surface area contributed by atoms with Crippen molar-refractivity contribution in [2.75, 3.05) is 0 Å². The maximum atomic E-state index is 9.07. The van der Waals surface area contributed by atoms with Gasteiger partial charge >= 0.3 is 0 Å². The molecule has 0 saturated carbocycles. The van der Waals surface area contributed by atoms with Crippen molar-refractivity contribution in [3.8, 4) is 5.06 Å². The SMILES string of the molecule is C=Cc1cc(P)sc1O. The highest BCUT2D eigenvalue weighted by Gasteiger charge is 1.99. The van der Waals surface area contributed by atoms with Gasteiger partial charge in [-0.2, -0.15) is 0 Å². The third kappa shape index (κ3) is 1.32. The van der Waals surface area contributed by atoms with Gasteiger partial charge in [-0.1, -0.05) is 33.2 Å². The quantitative estimate of drug-likeness (QED) is 0.615. The highest BCUT2D eigenvalue weighted by Crippen LogP contribution is 2.24. The average Bonchev–Trinajstić information content (AvgIpc) is 2.10. The maximum Gasteiger partial charge on any atom is 0.179 e. The number of thiophene rings is 1. The smallest absolute Gasteiger partial charge is 0.179 e. The Bertz CT molecular complexity index is 229. The van der Waals surface area contributed by atoms with Gasteiger partial charge in [0.2, 0.25) is 0 Å². The topological polar surface area (TPSA) is 20.2 Å². The van der Waals surface area contributed by atoms with E-state index in [0.29, 0.717) is 5.06 Å². The van der Waals surface area contributed by atoms with E-state index in [9.17, 15) is 0 Å². The largest absolute Gasteiger partial charge is 0.499 e. The van der Waals surface area contributed by atoms with Crippen LogP contribution in [0.15, 0.2) is 12.6 Å². The molecule has 1 rings (SSSR count). The van der Waals surface area contributed by atoms with Crippen LogP contribution in [0.25, 0.3) is 6.08 Å². The van der Waals surface area contributed by atoms with Crippen LogP contribution in [0.5, 0.6) is 5.06 Å². The molecule has 1 heterocycles. The summed E-state index contributed by atoms with van der Waals surface area (Å²) in [7, 11) is 2.52. The van der Waals surface area contributed by atoms with Gasteiger partial charge in [0.15, 0.2) is 5.06 Å². The molecule has 0 amide bonds. The van der Waals surface area contributed by atoms with Crippen LogP contribution < -0.4 is 4.62 Å². The molecule has 0 saturated heterocycles. The van der Waals surface area contributed by atoms with E-state index in [0.717, 1.165) is 10.2 Å². The van der Waals surface area contributed by atoms with Crippen molar-refractivity contribution in [2.24, 2.45) is 0 Å². The van der Waals surface area contributed by atoms with Gasteiger partial charge in [0.25, 0.3) is 0 Å². The van der Waals surface area contributed by atoms with Crippen molar-refractivity contribution in [1.29, 1.82) is 0 Å². The molecule has 1 N–H and O–H groups in total. The Kier molecular flexibility index (Phi) is 1.89. The molecule has 0 radical (unpaired) electrons. The molecule has 0 aliphatic carbocycles. The molecule has 0 bridgehead atoms. The van der Waals surface area contributed by atoms with Crippen LogP contribution >= 0.6 is 20.6 Å². The third-order valence-corrected chi connectivity index (χ3v) is 2.28. The normalized spacial score (nSPS) is 9.44. The van der Waals surface area contributed by atoms with Gasteiger partial charge in [-0.25, -0.2) is 0 Å². The first-order valence-corrected chi connectivity index (χ1v) is 3.84. The third-order valence-electron chi connectivity index (χ3n) is 0.979. The summed E-state index contributed by atoms with van der Waals surface area (Å²) in [5.41, 5.74) is 0.810. The Balaban J connectivity index is 3.15. The molecule has 1 nitrogen and oxygen atoms in total. The van der Waals surface area contributed by atoms with Gasteiger partial charge in [-0.05, 0) is 6.07 Å². The second-order valence-corrected chi connectivity index (χ2v) is 3.72. The molecule has 1 aromatic rings. The molecular formula is C6H7OPS. The Labute approximate surface area is 60.2 Å². The molecule has 1 unspecified atom stereocenters. The van der Waals surface area contributed by atoms with E-state index in [2.05, 4.69) is 15.8 Å². The molecule has 0 aliphatic heterocycles. The first-order chi connectivity index (χ1) is 4.24. The number of hydrogen-bond donors (Lipinski definition) is 1. The van der Waals surface area contributed by atoms with Crippen molar-refractivity contribution in [3.63, 3.8) is 0 Å². The fourth-order valence-corrected chi connectivity index (χ4v) is 1.74. The first-order valence-electron chi connectivity index (χ1n) is 2.44. The lowest BCUT2D eigenvalue weighted by Gasteiger charge is -1.81. The molecular weight excluding hydrogens is 151 g/mol. The van der Waals surface area contributed by atoms with Crippen molar-refractivity contribution >= 4 is 31.3 Å². The zero-order valence-corrected chi connectivity index (χ0v) is 6.77. The van der Waals surface area contributed by atoms with Gasteiger partial charge in [-0.3, -0.25) is 0 Å². The molecule has 1 aromatic heterocycles. The van der Waals surface area contributed by atoms with Crippen LogP contribution in [0.2, 0.25) is 0 Å². The standard InChI is InChI=1S/C6H7OPS/c1-2-4-3-5(8)9-6(4)7/h2-3,7H,1,8H2. The molecule has 9 heavy (non-hydrogen) atoms. The lowest BCUT2D eigenvalue weighted by Crippen LogP contribution is -1.71. The van der Waals surface area contributed by atoms with Gasteiger partial charge in [-0.15, -0.1) is 0 Å². The van der Waals surface area contributed by atoms with E-state index in [1.807, 2.05) is 6.07 Å². The lowest BCUT2D eigenvalue weighted by atomic mass is 10.3. The Hall–Kier alpha value is -0.330. The Morgan fingerprint density at radius 2 is 2.44 bits per heavy atom. The van der Waals surface area contributed by atoms with Gasteiger partial charge in [0.1, 0.15) is 0 Å².